The van der Waals surface area contributed by atoms with Gasteiger partial charge in [0.2, 0.25) is 11.7 Å². The Bertz CT molecular complexity index is 950. The summed E-state index contributed by atoms with van der Waals surface area (Å²) in [5, 5.41) is 7.35. The summed E-state index contributed by atoms with van der Waals surface area (Å²) < 4.78 is 10.7. The zero-order chi connectivity index (χ0) is 23.5. The fourth-order valence-corrected chi connectivity index (χ4v) is 5.47. The Morgan fingerprint density at radius 2 is 1.91 bits per heavy atom. The highest BCUT2D eigenvalue weighted by Gasteiger charge is 2.32. The van der Waals surface area contributed by atoms with Gasteiger partial charge in [-0.15, -0.1) is 0 Å². The van der Waals surface area contributed by atoms with Crippen molar-refractivity contribution in [1.29, 1.82) is 0 Å². The number of nitrogens with zero attached hydrogens (tertiary/aromatic N) is 4. The number of piperidine rings is 1. The lowest BCUT2D eigenvalue weighted by molar-refractivity contribution is -0.125. The molecule has 0 spiro atoms. The summed E-state index contributed by atoms with van der Waals surface area (Å²) in [7, 11) is 1.64. The maximum Gasteiger partial charge on any atom is 0.324 e. The number of anilines is 1. The molecule has 2 saturated heterocycles. The van der Waals surface area contributed by atoms with E-state index in [0.29, 0.717) is 23.8 Å². The second-order valence-electron chi connectivity index (χ2n) is 10.1. The van der Waals surface area contributed by atoms with Crippen LogP contribution in [-0.2, 0) is 4.79 Å². The van der Waals surface area contributed by atoms with E-state index in [2.05, 4.69) is 25.3 Å². The zero-order valence-corrected chi connectivity index (χ0v) is 20.0. The molecule has 1 amide bonds. The number of aromatic nitrogens is 2. The van der Waals surface area contributed by atoms with Gasteiger partial charge in [-0.25, -0.2) is 0 Å². The number of nitrogens with two attached hydrogens (primary N) is 1. The average molecular weight is 469 g/mol. The minimum Gasteiger partial charge on any atom is -0.497 e. The highest BCUT2D eigenvalue weighted by atomic mass is 16.5. The molecular formula is C25H36N6O3. The number of ether oxygens (including phenoxy) is 1. The highest BCUT2D eigenvalue weighted by molar-refractivity contribution is 5.79. The molecule has 9 nitrogen and oxygen atoms in total. The smallest absolute Gasteiger partial charge is 0.324 e. The summed E-state index contributed by atoms with van der Waals surface area (Å²) in [5.74, 6) is 2.93. The van der Waals surface area contributed by atoms with Gasteiger partial charge in [0.05, 0.1) is 7.11 Å². The molecule has 184 valence electrons. The molecule has 5 rings (SSSR count). The van der Waals surface area contributed by atoms with Crippen LogP contribution in [-0.4, -0.2) is 73.4 Å². The van der Waals surface area contributed by atoms with Gasteiger partial charge in [-0.2, -0.15) is 4.98 Å². The van der Waals surface area contributed by atoms with Crippen molar-refractivity contribution in [3.63, 3.8) is 0 Å². The molecule has 1 unspecified atom stereocenters. The lowest BCUT2D eigenvalue weighted by Gasteiger charge is -2.35. The third-order valence-corrected chi connectivity index (χ3v) is 7.62. The first kappa shape index (κ1) is 23.1. The molecule has 0 bridgehead atoms. The average Bonchev–Trinajstić information content (AvgIpc) is 3.52. The van der Waals surface area contributed by atoms with Crippen molar-refractivity contribution in [3.8, 4) is 17.1 Å². The number of amides is 1. The molecule has 3 fully saturated rings. The monoisotopic (exact) mass is 468 g/mol. The van der Waals surface area contributed by atoms with E-state index < -0.39 is 0 Å². The summed E-state index contributed by atoms with van der Waals surface area (Å²) in [6.07, 6.45) is 5.10. The van der Waals surface area contributed by atoms with E-state index in [1.54, 1.807) is 7.11 Å². The Morgan fingerprint density at radius 3 is 2.62 bits per heavy atom. The topological polar surface area (TPSA) is 110 Å². The van der Waals surface area contributed by atoms with Crippen LogP contribution in [0.4, 0.5) is 6.01 Å². The number of methoxy groups -OCH3 is 1. The summed E-state index contributed by atoms with van der Waals surface area (Å²) in [6.45, 7) is 5.68. The summed E-state index contributed by atoms with van der Waals surface area (Å²) >= 11 is 0. The molecule has 1 aromatic carbocycles. The number of rotatable bonds is 8. The molecule has 3 aliphatic rings. The second-order valence-corrected chi connectivity index (χ2v) is 10.1. The van der Waals surface area contributed by atoms with E-state index in [-0.39, 0.29) is 11.8 Å². The molecule has 0 radical (unpaired) electrons. The molecule has 9 heteroatoms. The molecule has 3 heterocycles. The molecule has 2 aliphatic heterocycles. The number of carbonyl (C=O) groups excluding carboxylic acids is 1. The minimum absolute atomic E-state index is 0.0502. The fraction of sp³-hybridized carbons (Fsp3) is 0.640. The van der Waals surface area contributed by atoms with E-state index in [1.165, 1.54) is 25.8 Å². The maximum absolute atomic E-state index is 12.8. The fourth-order valence-electron chi connectivity index (χ4n) is 5.47. The lowest BCUT2D eigenvalue weighted by atomic mass is 9.80. The molecular weight excluding hydrogens is 432 g/mol. The Morgan fingerprint density at radius 1 is 1.15 bits per heavy atom. The van der Waals surface area contributed by atoms with Gasteiger partial charge < -0.3 is 30.1 Å². The number of hydrogen-bond donors (Lipinski definition) is 2. The van der Waals surface area contributed by atoms with Crippen molar-refractivity contribution >= 4 is 11.9 Å². The lowest BCUT2D eigenvalue weighted by Crippen LogP contribution is -2.43. The molecule has 34 heavy (non-hydrogen) atoms. The van der Waals surface area contributed by atoms with Crippen LogP contribution >= 0.6 is 0 Å². The first-order valence-electron chi connectivity index (χ1n) is 12.6. The quantitative estimate of drug-likeness (QED) is 0.606. The van der Waals surface area contributed by atoms with Gasteiger partial charge in [-0.3, -0.25) is 4.79 Å². The molecule has 1 aliphatic carbocycles. The van der Waals surface area contributed by atoms with Gasteiger partial charge in [0, 0.05) is 50.2 Å². The van der Waals surface area contributed by atoms with Crippen LogP contribution < -0.4 is 20.7 Å². The van der Waals surface area contributed by atoms with Crippen LogP contribution in [0.1, 0.15) is 32.1 Å². The van der Waals surface area contributed by atoms with Gasteiger partial charge in [0.1, 0.15) is 5.75 Å². The van der Waals surface area contributed by atoms with Crippen molar-refractivity contribution < 1.29 is 14.1 Å². The van der Waals surface area contributed by atoms with Crippen LogP contribution in [0.25, 0.3) is 11.4 Å². The summed E-state index contributed by atoms with van der Waals surface area (Å²) in [6, 6.07) is 8.52. The molecule has 1 aromatic heterocycles. The predicted octanol–water partition coefficient (Wildman–Crippen LogP) is 2.14. The van der Waals surface area contributed by atoms with Gasteiger partial charge in [-0.1, -0.05) is 5.16 Å². The highest BCUT2D eigenvalue weighted by Crippen LogP contribution is 2.29. The Balaban J connectivity index is 1.04. The van der Waals surface area contributed by atoms with E-state index in [0.717, 1.165) is 62.8 Å². The zero-order valence-electron chi connectivity index (χ0n) is 20.0. The van der Waals surface area contributed by atoms with Crippen LogP contribution in [0.15, 0.2) is 28.8 Å². The Hall–Kier alpha value is -2.65. The van der Waals surface area contributed by atoms with E-state index in [9.17, 15) is 4.79 Å². The van der Waals surface area contributed by atoms with E-state index >= 15 is 0 Å². The molecule has 1 saturated carbocycles. The minimum atomic E-state index is 0.0502. The van der Waals surface area contributed by atoms with Gasteiger partial charge in [-0.05, 0) is 74.8 Å². The largest absolute Gasteiger partial charge is 0.497 e. The number of likely N-dealkylation sites (tertiary alicyclic amines) is 1. The number of hydrogen-bond acceptors (Lipinski definition) is 8. The standard InChI is InChI=1S/C25H36N6O3/c1-33-22-4-2-19(3-5-22)23-28-25(34-29-23)31-10-7-20(8-11-31)24(32)27-14-17-6-9-30(15-17)16-18-12-21(26)13-18/h2-5,17-18,20-21H,6-16,26H2,1H3,(H,27,32). The van der Waals surface area contributed by atoms with Crippen LogP contribution in [0.5, 0.6) is 5.75 Å². The molecule has 2 aromatic rings. The van der Waals surface area contributed by atoms with Crippen molar-refractivity contribution in [2.45, 2.75) is 38.1 Å². The van der Waals surface area contributed by atoms with Gasteiger partial charge in [0.25, 0.3) is 0 Å². The van der Waals surface area contributed by atoms with Gasteiger partial charge in [0.15, 0.2) is 0 Å². The number of carbonyl (C=O) groups is 1. The number of benzene rings is 1. The predicted molar refractivity (Wildman–Crippen MR) is 129 cm³/mol. The van der Waals surface area contributed by atoms with Crippen molar-refractivity contribution in [1.82, 2.24) is 20.4 Å². The summed E-state index contributed by atoms with van der Waals surface area (Å²) in [4.78, 5) is 22.0. The van der Waals surface area contributed by atoms with Crippen LogP contribution in [0.3, 0.4) is 0 Å². The van der Waals surface area contributed by atoms with Crippen molar-refractivity contribution in [3.05, 3.63) is 24.3 Å². The van der Waals surface area contributed by atoms with Gasteiger partial charge >= 0.3 is 6.01 Å². The molecule has 3 N–H and O–H groups in total. The molecule has 1 atom stereocenters. The SMILES string of the molecule is COc1ccc(-c2noc(N3CCC(C(=O)NCC4CCN(CC5CC(N)C5)C4)CC3)n2)cc1. The first-order chi connectivity index (χ1) is 16.6. The second kappa shape index (κ2) is 10.3. The number of nitrogens with one attached hydrogen (secondary N) is 1. The van der Waals surface area contributed by atoms with E-state index in [4.69, 9.17) is 15.0 Å². The third kappa shape index (κ3) is 5.36. The normalized spacial score (nSPS) is 25.8. The van der Waals surface area contributed by atoms with Crippen LogP contribution in [0, 0.1) is 17.8 Å². The first-order valence-corrected chi connectivity index (χ1v) is 12.6. The van der Waals surface area contributed by atoms with E-state index in [1.807, 2.05) is 24.3 Å². The Labute approximate surface area is 201 Å². The third-order valence-electron chi connectivity index (χ3n) is 7.62. The summed E-state index contributed by atoms with van der Waals surface area (Å²) in [5.41, 5.74) is 6.79. The maximum atomic E-state index is 12.8. The van der Waals surface area contributed by atoms with Crippen LogP contribution in [0.2, 0.25) is 0 Å². The Kier molecular flexibility index (Phi) is 7.01. The van der Waals surface area contributed by atoms with Crippen molar-refractivity contribution in [2.24, 2.45) is 23.5 Å². The van der Waals surface area contributed by atoms with Crippen molar-refractivity contribution in [2.75, 3.05) is 51.3 Å².